The Morgan fingerprint density at radius 3 is 2.81 bits per heavy atom. The minimum Gasteiger partial charge on any atom is -0.261 e. The van der Waals surface area contributed by atoms with Gasteiger partial charge in [-0.25, -0.2) is 0 Å². The van der Waals surface area contributed by atoms with Crippen molar-refractivity contribution in [2.24, 2.45) is 0 Å². The fraction of sp³-hybridized carbons (Fsp3) is 0.417. The summed E-state index contributed by atoms with van der Waals surface area (Å²) in [6.07, 6.45) is 4.54. The van der Waals surface area contributed by atoms with Crippen LogP contribution in [0.25, 0.3) is 5.69 Å². The minimum absolute atomic E-state index is 0.404. The molecule has 2 rings (SSSR count). The van der Waals surface area contributed by atoms with Crippen molar-refractivity contribution in [3.63, 3.8) is 0 Å². The molecule has 16 heavy (non-hydrogen) atoms. The number of hydrogen-bond donors (Lipinski definition) is 0. The van der Waals surface area contributed by atoms with E-state index in [0.717, 1.165) is 23.5 Å². The van der Waals surface area contributed by atoms with Gasteiger partial charge in [0.2, 0.25) is 0 Å². The number of aryl methyl sites for hydroxylation is 1. The largest absolute Gasteiger partial charge is 0.261 e. The first-order valence-corrected chi connectivity index (χ1v) is 5.58. The van der Waals surface area contributed by atoms with Gasteiger partial charge in [0.05, 0.1) is 17.6 Å². The number of rotatable bonds is 3. The lowest BCUT2D eigenvalue weighted by molar-refractivity contribution is 0.715. The van der Waals surface area contributed by atoms with Crippen molar-refractivity contribution >= 4 is 0 Å². The second-order valence-electron chi connectivity index (χ2n) is 4.07. The normalized spacial score (nSPS) is 11.0. The second kappa shape index (κ2) is 4.43. The third-order valence-corrected chi connectivity index (χ3v) is 2.49. The van der Waals surface area contributed by atoms with Crippen LogP contribution in [0.2, 0.25) is 0 Å². The third kappa shape index (κ3) is 2.10. The second-order valence-corrected chi connectivity index (χ2v) is 4.07. The van der Waals surface area contributed by atoms with Gasteiger partial charge in [0.1, 0.15) is 0 Å². The van der Waals surface area contributed by atoms with Gasteiger partial charge in [-0.3, -0.25) is 4.98 Å². The highest BCUT2D eigenvalue weighted by Gasteiger charge is 2.06. The van der Waals surface area contributed by atoms with E-state index < -0.39 is 0 Å². The Morgan fingerprint density at radius 2 is 2.19 bits per heavy atom. The van der Waals surface area contributed by atoms with E-state index in [0.29, 0.717) is 5.92 Å². The quantitative estimate of drug-likeness (QED) is 0.791. The number of hydrogen-bond acceptors (Lipinski definition) is 3. The van der Waals surface area contributed by atoms with Crippen LogP contribution in [0.3, 0.4) is 0 Å². The van der Waals surface area contributed by atoms with E-state index in [1.54, 1.807) is 11.0 Å². The molecule has 4 heteroatoms. The van der Waals surface area contributed by atoms with Crippen molar-refractivity contribution in [3.8, 4) is 5.69 Å². The van der Waals surface area contributed by atoms with Crippen LogP contribution in [0.5, 0.6) is 0 Å². The molecule has 0 aliphatic heterocycles. The summed E-state index contributed by atoms with van der Waals surface area (Å²) in [7, 11) is 0. The maximum Gasteiger partial charge on any atom is 0.0890 e. The Balaban J connectivity index is 2.34. The molecule has 0 saturated carbocycles. The summed E-state index contributed by atoms with van der Waals surface area (Å²) in [4.78, 5) is 5.92. The highest BCUT2D eigenvalue weighted by atomic mass is 15.5. The molecule has 4 nitrogen and oxygen atoms in total. The van der Waals surface area contributed by atoms with Crippen LogP contribution in [0.1, 0.15) is 38.1 Å². The predicted octanol–water partition coefficient (Wildman–Crippen LogP) is 2.35. The molecule has 2 aromatic heterocycles. The third-order valence-electron chi connectivity index (χ3n) is 2.49. The molecule has 0 atom stereocenters. The fourth-order valence-electron chi connectivity index (χ4n) is 1.45. The van der Waals surface area contributed by atoms with E-state index in [2.05, 4.69) is 36.0 Å². The van der Waals surface area contributed by atoms with Crippen LogP contribution in [-0.4, -0.2) is 20.0 Å². The molecule has 0 fully saturated rings. The fourth-order valence-corrected chi connectivity index (χ4v) is 1.45. The van der Waals surface area contributed by atoms with E-state index in [1.807, 2.05) is 18.3 Å². The molecular weight excluding hydrogens is 200 g/mol. The first kappa shape index (κ1) is 10.8. The average molecular weight is 216 g/mol. The molecule has 0 aromatic carbocycles. The van der Waals surface area contributed by atoms with Crippen molar-refractivity contribution in [2.75, 3.05) is 0 Å². The zero-order valence-electron chi connectivity index (χ0n) is 9.88. The van der Waals surface area contributed by atoms with E-state index in [1.165, 1.54) is 0 Å². The number of nitrogens with zero attached hydrogens (tertiary/aromatic N) is 4. The summed E-state index contributed by atoms with van der Waals surface area (Å²) >= 11 is 0. The zero-order valence-corrected chi connectivity index (χ0v) is 9.88. The molecular formula is C12H16N4. The number of pyridine rings is 1. The van der Waals surface area contributed by atoms with Crippen molar-refractivity contribution < 1.29 is 0 Å². The smallest absolute Gasteiger partial charge is 0.0890 e. The lowest BCUT2D eigenvalue weighted by atomic mass is 10.2. The molecule has 0 saturated heterocycles. The van der Waals surface area contributed by atoms with Gasteiger partial charge in [-0.05, 0) is 24.5 Å². The van der Waals surface area contributed by atoms with Crippen LogP contribution >= 0.6 is 0 Å². The SMILES string of the molecule is CCc1cc(-n2ncc(C(C)C)n2)ccn1. The maximum absolute atomic E-state index is 4.43. The molecule has 0 N–H and O–H groups in total. The minimum atomic E-state index is 0.404. The summed E-state index contributed by atoms with van der Waals surface area (Å²) in [5, 5.41) is 8.69. The molecule has 0 aliphatic carbocycles. The molecule has 0 spiro atoms. The highest BCUT2D eigenvalue weighted by Crippen LogP contribution is 2.12. The van der Waals surface area contributed by atoms with Crippen LogP contribution in [0.4, 0.5) is 0 Å². The summed E-state index contributed by atoms with van der Waals surface area (Å²) < 4.78 is 0. The van der Waals surface area contributed by atoms with Gasteiger partial charge in [-0.1, -0.05) is 20.8 Å². The summed E-state index contributed by atoms with van der Waals surface area (Å²) in [6, 6.07) is 3.94. The van der Waals surface area contributed by atoms with Crippen LogP contribution in [0.15, 0.2) is 24.5 Å². The standard InChI is InChI=1S/C12H16N4/c1-4-10-7-11(5-6-13-10)16-14-8-12(15-16)9(2)3/h5-9H,4H2,1-3H3. The van der Waals surface area contributed by atoms with Crippen molar-refractivity contribution in [1.29, 1.82) is 0 Å². The van der Waals surface area contributed by atoms with E-state index in [9.17, 15) is 0 Å². The lowest BCUT2D eigenvalue weighted by Crippen LogP contribution is -2.01. The van der Waals surface area contributed by atoms with E-state index >= 15 is 0 Å². The van der Waals surface area contributed by atoms with Crippen molar-refractivity contribution in [2.45, 2.75) is 33.1 Å². The van der Waals surface area contributed by atoms with Gasteiger partial charge >= 0.3 is 0 Å². The van der Waals surface area contributed by atoms with Crippen molar-refractivity contribution in [3.05, 3.63) is 35.9 Å². The van der Waals surface area contributed by atoms with Gasteiger partial charge in [-0.15, -0.1) is 0 Å². The Labute approximate surface area is 95.3 Å². The molecule has 0 unspecified atom stereocenters. The molecule has 0 radical (unpaired) electrons. The van der Waals surface area contributed by atoms with Crippen molar-refractivity contribution in [1.82, 2.24) is 20.0 Å². The van der Waals surface area contributed by atoms with Gasteiger partial charge in [0, 0.05) is 11.9 Å². The van der Waals surface area contributed by atoms with E-state index in [4.69, 9.17) is 0 Å². The topological polar surface area (TPSA) is 43.6 Å². The van der Waals surface area contributed by atoms with Crippen LogP contribution in [-0.2, 0) is 6.42 Å². The zero-order chi connectivity index (χ0) is 11.5. The monoisotopic (exact) mass is 216 g/mol. The Hall–Kier alpha value is -1.71. The summed E-state index contributed by atoms with van der Waals surface area (Å²) in [5.41, 5.74) is 3.04. The number of aromatic nitrogens is 4. The first-order chi connectivity index (χ1) is 7.70. The van der Waals surface area contributed by atoms with Gasteiger partial charge < -0.3 is 0 Å². The lowest BCUT2D eigenvalue weighted by Gasteiger charge is -2.01. The van der Waals surface area contributed by atoms with Gasteiger partial charge in [-0.2, -0.15) is 15.0 Å². The van der Waals surface area contributed by atoms with Crippen LogP contribution < -0.4 is 0 Å². The molecule has 0 bridgehead atoms. The molecule has 0 amide bonds. The Morgan fingerprint density at radius 1 is 1.38 bits per heavy atom. The van der Waals surface area contributed by atoms with Crippen LogP contribution in [0, 0.1) is 0 Å². The first-order valence-electron chi connectivity index (χ1n) is 5.58. The molecule has 84 valence electrons. The molecule has 2 heterocycles. The van der Waals surface area contributed by atoms with Gasteiger partial charge in [0.15, 0.2) is 0 Å². The predicted molar refractivity (Wildman–Crippen MR) is 62.6 cm³/mol. The maximum atomic E-state index is 4.43. The Bertz CT molecular complexity index is 473. The summed E-state index contributed by atoms with van der Waals surface area (Å²) in [6.45, 7) is 6.30. The average Bonchev–Trinajstić information content (AvgIpc) is 2.78. The van der Waals surface area contributed by atoms with E-state index in [-0.39, 0.29) is 0 Å². The van der Waals surface area contributed by atoms with Gasteiger partial charge in [0.25, 0.3) is 0 Å². The highest BCUT2D eigenvalue weighted by molar-refractivity contribution is 5.29. The molecule has 0 aliphatic rings. The summed E-state index contributed by atoms with van der Waals surface area (Å²) in [5.74, 6) is 0.404. The molecule has 2 aromatic rings. The Kier molecular flexibility index (Phi) is 2.99.